The summed E-state index contributed by atoms with van der Waals surface area (Å²) in [7, 11) is 0. The highest BCUT2D eigenvalue weighted by Gasteiger charge is 2.42. The Hall–Kier alpha value is -0.0800. The maximum Gasteiger partial charge on any atom is 0.00482 e. The van der Waals surface area contributed by atoms with Crippen LogP contribution in [0.4, 0.5) is 0 Å². The highest BCUT2D eigenvalue weighted by Crippen LogP contribution is 2.47. The van der Waals surface area contributed by atoms with Gasteiger partial charge in [-0.15, -0.1) is 0 Å². The minimum atomic E-state index is 0.558. The molecule has 92 valence electrons. The van der Waals surface area contributed by atoms with Gasteiger partial charge in [-0.05, 0) is 56.0 Å². The van der Waals surface area contributed by atoms with E-state index in [1.165, 1.54) is 71.2 Å². The zero-order valence-corrected chi connectivity index (χ0v) is 10.7. The van der Waals surface area contributed by atoms with Crippen LogP contribution in [-0.2, 0) is 0 Å². The summed E-state index contributed by atoms with van der Waals surface area (Å²) in [6.45, 7) is 9.03. The maximum absolute atomic E-state index is 3.52. The van der Waals surface area contributed by atoms with Crippen molar-refractivity contribution in [3.05, 3.63) is 0 Å². The third kappa shape index (κ3) is 2.02. The first-order valence-corrected chi connectivity index (χ1v) is 7.13. The van der Waals surface area contributed by atoms with Crippen LogP contribution in [-0.4, -0.2) is 37.6 Å². The van der Waals surface area contributed by atoms with E-state index in [4.69, 9.17) is 0 Å². The Morgan fingerprint density at radius 3 is 2.56 bits per heavy atom. The average Bonchev–Trinajstić information content (AvgIpc) is 2.63. The quantitative estimate of drug-likeness (QED) is 0.771. The Kier molecular flexibility index (Phi) is 2.75. The van der Waals surface area contributed by atoms with Crippen LogP contribution in [0.1, 0.15) is 45.4 Å². The lowest BCUT2D eigenvalue weighted by molar-refractivity contribution is 0.00485. The fourth-order valence-electron chi connectivity index (χ4n) is 4.07. The Balaban J connectivity index is 1.58. The van der Waals surface area contributed by atoms with Crippen molar-refractivity contribution >= 4 is 0 Å². The van der Waals surface area contributed by atoms with Crippen molar-refractivity contribution < 1.29 is 0 Å². The number of likely N-dealkylation sites (tertiary alicyclic amines) is 1. The van der Waals surface area contributed by atoms with Crippen LogP contribution in [0.25, 0.3) is 0 Å². The van der Waals surface area contributed by atoms with Crippen LogP contribution in [0.2, 0.25) is 0 Å². The molecule has 1 saturated carbocycles. The Morgan fingerprint density at radius 2 is 1.94 bits per heavy atom. The van der Waals surface area contributed by atoms with Gasteiger partial charge in [0.25, 0.3) is 0 Å². The first-order valence-electron chi connectivity index (χ1n) is 7.13. The number of rotatable bonds is 2. The number of hydrogen-bond acceptors (Lipinski definition) is 2. The number of piperidine rings is 1. The van der Waals surface area contributed by atoms with Crippen molar-refractivity contribution in [1.29, 1.82) is 0 Å². The first-order chi connectivity index (χ1) is 7.70. The van der Waals surface area contributed by atoms with Crippen LogP contribution in [0.15, 0.2) is 0 Å². The maximum atomic E-state index is 3.52. The third-order valence-corrected chi connectivity index (χ3v) is 5.22. The van der Waals surface area contributed by atoms with E-state index in [1.807, 2.05) is 0 Å². The smallest absolute Gasteiger partial charge is 0.00482 e. The molecule has 3 aliphatic rings. The van der Waals surface area contributed by atoms with Crippen molar-refractivity contribution in [2.24, 2.45) is 10.8 Å². The van der Waals surface area contributed by atoms with E-state index >= 15 is 0 Å². The van der Waals surface area contributed by atoms with Gasteiger partial charge >= 0.3 is 0 Å². The Labute approximate surface area is 99.8 Å². The van der Waals surface area contributed by atoms with Crippen molar-refractivity contribution in [2.45, 2.75) is 45.4 Å². The second kappa shape index (κ2) is 3.99. The molecule has 0 amide bonds. The lowest BCUT2D eigenvalue weighted by atomic mass is 9.64. The molecule has 2 aliphatic heterocycles. The van der Waals surface area contributed by atoms with Crippen molar-refractivity contribution in [3.8, 4) is 0 Å². The Morgan fingerprint density at radius 1 is 1.12 bits per heavy atom. The number of nitrogens with one attached hydrogen (secondary N) is 1. The fraction of sp³-hybridized carbons (Fsp3) is 1.00. The molecule has 0 radical (unpaired) electrons. The average molecular weight is 222 g/mol. The summed E-state index contributed by atoms with van der Waals surface area (Å²) in [6.07, 6.45) is 8.85. The molecule has 3 rings (SSSR count). The van der Waals surface area contributed by atoms with E-state index in [1.54, 1.807) is 0 Å². The van der Waals surface area contributed by atoms with Crippen LogP contribution in [0, 0.1) is 10.8 Å². The third-order valence-electron chi connectivity index (χ3n) is 5.22. The summed E-state index contributed by atoms with van der Waals surface area (Å²) in [5.74, 6) is 0. The van der Waals surface area contributed by atoms with Gasteiger partial charge in [-0.25, -0.2) is 0 Å². The second-order valence-corrected chi connectivity index (χ2v) is 6.91. The van der Waals surface area contributed by atoms with Crippen molar-refractivity contribution in [3.63, 3.8) is 0 Å². The molecule has 2 heterocycles. The molecular weight excluding hydrogens is 196 g/mol. The van der Waals surface area contributed by atoms with E-state index in [2.05, 4.69) is 17.1 Å². The summed E-state index contributed by atoms with van der Waals surface area (Å²) in [4.78, 5) is 2.77. The summed E-state index contributed by atoms with van der Waals surface area (Å²) < 4.78 is 0. The molecule has 0 bridgehead atoms. The summed E-state index contributed by atoms with van der Waals surface area (Å²) in [5.41, 5.74) is 1.32. The lowest BCUT2D eigenvalue weighted by Crippen LogP contribution is -2.50. The van der Waals surface area contributed by atoms with Gasteiger partial charge in [0, 0.05) is 19.6 Å². The monoisotopic (exact) mass is 222 g/mol. The van der Waals surface area contributed by atoms with Gasteiger partial charge in [0.2, 0.25) is 0 Å². The standard InChI is InChI=1S/C14H26N2/c1-13(7-8-15-10-13)11-16-9-3-6-14(12-16)4-2-5-14/h15H,2-12H2,1H3. The molecular formula is C14H26N2. The molecule has 2 nitrogen and oxygen atoms in total. The molecule has 1 atom stereocenters. The van der Waals surface area contributed by atoms with Crippen LogP contribution in [0.3, 0.4) is 0 Å². The first kappa shape index (κ1) is 11.0. The molecule has 1 spiro atoms. The molecule has 0 aromatic heterocycles. The van der Waals surface area contributed by atoms with E-state index in [0.29, 0.717) is 5.41 Å². The summed E-state index contributed by atoms with van der Waals surface area (Å²) in [5, 5.41) is 3.52. The molecule has 2 heteroatoms. The largest absolute Gasteiger partial charge is 0.316 e. The van der Waals surface area contributed by atoms with Gasteiger partial charge in [-0.1, -0.05) is 13.3 Å². The molecule has 1 unspecified atom stereocenters. The normalized spacial score (nSPS) is 38.8. The van der Waals surface area contributed by atoms with Gasteiger partial charge < -0.3 is 10.2 Å². The zero-order valence-electron chi connectivity index (χ0n) is 10.7. The van der Waals surface area contributed by atoms with Gasteiger partial charge in [0.05, 0.1) is 0 Å². The van der Waals surface area contributed by atoms with Crippen molar-refractivity contribution in [2.75, 3.05) is 32.7 Å². The highest BCUT2D eigenvalue weighted by molar-refractivity contribution is 4.95. The predicted octanol–water partition coefficient (Wildman–Crippen LogP) is 2.25. The topological polar surface area (TPSA) is 15.3 Å². The molecule has 2 saturated heterocycles. The SMILES string of the molecule is CC1(CN2CCCC3(CCC3)C2)CCNC1. The van der Waals surface area contributed by atoms with Crippen LogP contribution in [0.5, 0.6) is 0 Å². The molecule has 0 aromatic carbocycles. The zero-order chi connectivity index (χ0) is 11.1. The minimum Gasteiger partial charge on any atom is -0.316 e. The van der Waals surface area contributed by atoms with E-state index in [9.17, 15) is 0 Å². The van der Waals surface area contributed by atoms with Crippen LogP contribution < -0.4 is 5.32 Å². The second-order valence-electron chi connectivity index (χ2n) is 6.91. The van der Waals surface area contributed by atoms with Gasteiger partial charge in [-0.3, -0.25) is 0 Å². The van der Waals surface area contributed by atoms with Crippen molar-refractivity contribution in [1.82, 2.24) is 10.2 Å². The van der Waals surface area contributed by atoms with E-state index in [-0.39, 0.29) is 0 Å². The molecule has 1 N–H and O–H groups in total. The minimum absolute atomic E-state index is 0.558. The molecule has 3 fully saturated rings. The van der Waals surface area contributed by atoms with E-state index in [0.717, 1.165) is 5.41 Å². The van der Waals surface area contributed by atoms with Gasteiger partial charge in [0.15, 0.2) is 0 Å². The van der Waals surface area contributed by atoms with E-state index < -0.39 is 0 Å². The lowest BCUT2D eigenvalue weighted by Gasteiger charge is -2.50. The number of nitrogens with zero attached hydrogens (tertiary/aromatic N) is 1. The van der Waals surface area contributed by atoms with Gasteiger partial charge in [-0.2, -0.15) is 0 Å². The predicted molar refractivity (Wildman–Crippen MR) is 67.6 cm³/mol. The molecule has 16 heavy (non-hydrogen) atoms. The summed E-state index contributed by atoms with van der Waals surface area (Å²) in [6, 6.07) is 0. The van der Waals surface area contributed by atoms with Crippen LogP contribution >= 0.6 is 0 Å². The number of hydrogen-bond donors (Lipinski definition) is 1. The Bertz CT molecular complexity index is 251. The van der Waals surface area contributed by atoms with Gasteiger partial charge in [0.1, 0.15) is 0 Å². The molecule has 1 aliphatic carbocycles. The fourth-order valence-corrected chi connectivity index (χ4v) is 4.07. The molecule has 0 aromatic rings. The summed E-state index contributed by atoms with van der Waals surface area (Å²) >= 11 is 0. The highest BCUT2D eigenvalue weighted by atomic mass is 15.2.